The molecule has 0 aromatic rings. The summed E-state index contributed by atoms with van der Waals surface area (Å²) in [5.41, 5.74) is 2.48. The first-order chi connectivity index (χ1) is 11.1. The molecule has 0 aliphatic heterocycles. The standard InChI is InChI=1S/C20H30O4/c1-13(10-18(23)24)6-7-15-14(12-21)16(22)11-17-19(2,3)8-5-9-20(15,17)4/h10,17,21H,5-9,11-12H2,1-4H3,(H,23,24)/b13-10+/t17?,20-/m1/s1. The molecule has 1 fully saturated rings. The second kappa shape index (κ2) is 6.83. The maximum absolute atomic E-state index is 12.6. The zero-order valence-corrected chi connectivity index (χ0v) is 15.3. The van der Waals surface area contributed by atoms with Crippen LogP contribution >= 0.6 is 0 Å². The third-order valence-electron chi connectivity index (χ3n) is 6.31. The van der Waals surface area contributed by atoms with E-state index in [0.29, 0.717) is 30.8 Å². The van der Waals surface area contributed by atoms with Crippen LogP contribution in [0.3, 0.4) is 0 Å². The summed E-state index contributed by atoms with van der Waals surface area (Å²) in [6, 6.07) is 0. The van der Waals surface area contributed by atoms with Gasteiger partial charge < -0.3 is 10.2 Å². The van der Waals surface area contributed by atoms with Crippen molar-refractivity contribution in [3.05, 3.63) is 22.8 Å². The zero-order chi connectivity index (χ0) is 18.1. The molecule has 2 aliphatic carbocycles. The quantitative estimate of drug-likeness (QED) is 0.748. The predicted octanol–water partition coefficient (Wildman–Crippen LogP) is 3.89. The first-order valence-corrected chi connectivity index (χ1v) is 8.88. The fraction of sp³-hybridized carbons (Fsp3) is 0.700. The summed E-state index contributed by atoms with van der Waals surface area (Å²) in [5, 5.41) is 18.7. The van der Waals surface area contributed by atoms with Gasteiger partial charge in [0.1, 0.15) is 0 Å². The average Bonchev–Trinajstić information content (AvgIpc) is 2.45. The second-order valence-corrected chi connectivity index (χ2v) is 8.38. The van der Waals surface area contributed by atoms with Crippen molar-refractivity contribution in [2.45, 2.75) is 66.2 Å². The number of carbonyl (C=O) groups is 2. The largest absolute Gasteiger partial charge is 0.478 e. The molecule has 24 heavy (non-hydrogen) atoms. The minimum atomic E-state index is -0.938. The highest BCUT2D eigenvalue weighted by atomic mass is 16.4. The zero-order valence-electron chi connectivity index (χ0n) is 15.3. The molecule has 2 aliphatic rings. The minimum Gasteiger partial charge on any atom is -0.478 e. The molecule has 2 N–H and O–H groups in total. The van der Waals surface area contributed by atoms with Gasteiger partial charge in [-0.25, -0.2) is 4.79 Å². The Balaban J connectivity index is 2.39. The van der Waals surface area contributed by atoms with Crippen LogP contribution in [0.1, 0.15) is 66.2 Å². The van der Waals surface area contributed by atoms with Gasteiger partial charge in [0.05, 0.1) is 6.61 Å². The van der Waals surface area contributed by atoms with Crippen molar-refractivity contribution in [1.82, 2.24) is 0 Å². The monoisotopic (exact) mass is 334 g/mol. The van der Waals surface area contributed by atoms with E-state index in [4.69, 9.17) is 5.11 Å². The van der Waals surface area contributed by atoms with E-state index in [1.54, 1.807) is 0 Å². The van der Waals surface area contributed by atoms with Crippen LogP contribution in [0.5, 0.6) is 0 Å². The molecule has 0 heterocycles. The van der Waals surface area contributed by atoms with Crippen LogP contribution < -0.4 is 0 Å². The van der Waals surface area contributed by atoms with E-state index in [1.165, 1.54) is 6.08 Å². The second-order valence-electron chi connectivity index (χ2n) is 8.38. The summed E-state index contributed by atoms with van der Waals surface area (Å²) in [6.45, 7) is 8.34. The Hall–Kier alpha value is -1.42. The number of Topliss-reactive ketones (excluding diaryl/α,β-unsaturated/α-hetero) is 1. The van der Waals surface area contributed by atoms with Crippen LogP contribution in [0.4, 0.5) is 0 Å². The molecule has 0 bridgehead atoms. The minimum absolute atomic E-state index is 0.0722. The van der Waals surface area contributed by atoms with Crippen LogP contribution in [0.25, 0.3) is 0 Å². The van der Waals surface area contributed by atoms with Crippen molar-refractivity contribution in [3.8, 4) is 0 Å². The van der Waals surface area contributed by atoms with Gasteiger partial charge in [0, 0.05) is 18.1 Å². The van der Waals surface area contributed by atoms with E-state index in [2.05, 4.69) is 20.8 Å². The summed E-state index contributed by atoms with van der Waals surface area (Å²) in [5.74, 6) is -0.573. The third-order valence-corrected chi connectivity index (χ3v) is 6.31. The van der Waals surface area contributed by atoms with Crippen molar-refractivity contribution >= 4 is 11.8 Å². The maximum Gasteiger partial charge on any atom is 0.328 e. The lowest BCUT2D eigenvalue weighted by Crippen LogP contribution is -2.48. The van der Waals surface area contributed by atoms with E-state index in [1.807, 2.05) is 6.92 Å². The van der Waals surface area contributed by atoms with E-state index in [0.717, 1.165) is 30.4 Å². The molecule has 0 aromatic heterocycles. The number of carbonyl (C=O) groups excluding carboxylic acids is 1. The van der Waals surface area contributed by atoms with Crippen LogP contribution in [-0.4, -0.2) is 28.6 Å². The van der Waals surface area contributed by atoms with Gasteiger partial charge in [0.15, 0.2) is 5.78 Å². The highest BCUT2D eigenvalue weighted by Gasteiger charge is 2.52. The van der Waals surface area contributed by atoms with Gasteiger partial charge >= 0.3 is 5.97 Å². The fourth-order valence-corrected chi connectivity index (χ4v) is 5.03. The van der Waals surface area contributed by atoms with Gasteiger partial charge in [-0.15, -0.1) is 0 Å². The molecule has 4 nitrogen and oxygen atoms in total. The molecule has 1 unspecified atom stereocenters. The Labute approximate surface area is 144 Å². The normalized spacial score (nSPS) is 30.3. The topological polar surface area (TPSA) is 74.6 Å². The molecule has 0 radical (unpaired) electrons. The van der Waals surface area contributed by atoms with E-state index >= 15 is 0 Å². The Bertz CT molecular complexity index is 597. The van der Waals surface area contributed by atoms with E-state index in [-0.39, 0.29) is 23.2 Å². The molecule has 0 spiro atoms. The van der Waals surface area contributed by atoms with Crippen molar-refractivity contribution in [2.75, 3.05) is 6.61 Å². The fourth-order valence-electron chi connectivity index (χ4n) is 5.03. The first kappa shape index (κ1) is 18.9. The molecule has 2 atom stereocenters. The number of aliphatic hydroxyl groups is 1. The van der Waals surface area contributed by atoms with E-state index < -0.39 is 5.97 Å². The Morgan fingerprint density at radius 1 is 1.29 bits per heavy atom. The average molecular weight is 334 g/mol. The van der Waals surface area contributed by atoms with Gasteiger partial charge in [0.2, 0.25) is 0 Å². The lowest BCUT2D eigenvalue weighted by molar-refractivity contribution is -0.131. The Kier molecular flexibility index (Phi) is 5.38. The van der Waals surface area contributed by atoms with Gasteiger partial charge in [0.25, 0.3) is 0 Å². The van der Waals surface area contributed by atoms with Gasteiger partial charge in [-0.05, 0) is 49.4 Å². The first-order valence-electron chi connectivity index (χ1n) is 8.88. The van der Waals surface area contributed by atoms with Crippen molar-refractivity contribution in [1.29, 1.82) is 0 Å². The lowest BCUT2D eigenvalue weighted by Gasteiger charge is -2.54. The molecule has 0 amide bonds. The Morgan fingerprint density at radius 3 is 2.54 bits per heavy atom. The molecular weight excluding hydrogens is 304 g/mol. The summed E-state index contributed by atoms with van der Waals surface area (Å²) in [4.78, 5) is 23.4. The number of aliphatic hydroxyl groups excluding tert-OH is 1. The number of fused-ring (bicyclic) bond motifs is 1. The van der Waals surface area contributed by atoms with Crippen LogP contribution in [0, 0.1) is 16.7 Å². The van der Waals surface area contributed by atoms with Gasteiger partial charge in [-0.3, -0.25) is 4.79 Å². The van der Waals surface area contributed by atoms with E-state index in [9.17, 15) is 14.7 Å². The molecule has 4 heteroatoms. The highest BCUT2D eigenvalue weighted by molar-refractivity contribution is 5.98. The summed E-state index contributed by atoms with van der Waals surface area (Å²) in [6.07, 6.45) is 6.30. The number of carboxylic acid groups (broad SMARTS) is 1. The number of aliphatic carboxylic acids is 1. The van der Waals surface area contributed by atoms with Crippen LogP contribution in [-0.2, 0) is 9.59 Å². The highest BCUT2D eigenvalue weighted by Crippen LogP contribution is 2.59. The molecular formula is C20H30O4. The number of hydrogen-bond acceptors (Lipinski definition) is 3. The Morgan fingerprint density at radius 2 is 1.96 bits per heavy atom. The third kappa shape index (κ3) is 3.49. The molecule has 0 saturated heterocycles. The molecule has 2 rings (SSSR count). The number of ketones is 1. The molecule has 1 saturated carbocycles. The summed E-state index contributed by atoms with van der Waals surface area (Å²) in [7, 11) is 0. The van der Waals surface area contributed by atoms with Crippen molar-refractivity contribution in [3.63, 3.8) is 0 Å². The number of rotatable bonds is 5. The lowest BCUT2D eigenvalue weighted by atomic mass is 9.49. The van der Waals surface area contributed by atoms with Gasteiger partial charge in [-0.2, -0.15) is 0 Å². The number of hydrogen-bond donors (Lipinski definition) is 2. The SMILES string of the molecule is C/C(=C\C(=O)O)CCC1=C(CO)C(=O)CC2C(C)(C)CCC[C@]12C. The number of allylic oxidation sites excluding steroid dienone is 2. The van der Waals surface area contributed by atoms with Crippen LogP contribution in [0.2, 0.25) is 0 Å². The van der Waals surface area contributed by atoms with Crippen LogP contribution in [0.15, 0.2) is 22.8 Å². The van der Waals surface area contributed by atoms with Crippen molar-refractivity contribution < 1.29 is 19.8 Å². The van der Waals surface area contributed by atoms with Gasteiger partial charge in [-0.1, -0.05) is 38.3 Å². The molecule has 0 aromatic carbocycles. The summed E-state index contributed by atoms with van der Waals surface area (Å²) < 4.78 is 0. The predicted molar refractivity (Wildman–Crippen MR) is 93.6 cm³/mol. The smallest absolute Gasteiger partial charge is 0.328 e. The van der Waals surface area contributed by atoms with Crippen molar-refractivity contribution in [2.24, 2.45) is 16.7 Å². The summed E-state index contributed by atoms with van der Waals surface area (Å²) >= 11 is 0. The molecule has 134 valence electrons. The number of carboxylic acids is 1. The maximum atomic E-state index is 12.6.